The smallest absolute Gasteiger partial charge is 0.338 e. The number of nitrogens with one attached hydrogen (secondary N) is 1. The maximum absolute atomic E-state index is 12.2. The summed E-state index contributed by atoms with van der Waals surface area (Å²) in [7, 11) is 0. The third kappa shape index (κ3) is 8.74. The average molecular weight is 490 g/mol. The van der Waals surface area contributed by atoms with Crippen LogP contribution in [0.15, 0.2) is 46.9 Å². The highest BCUT2D eigenvalue weighted by atomic mass is 79.9. The zero-order valence-electron chi connectivity index (χ0n) is 18.6. The lowest BCUT2D eigenvalue weighted by Gasteiger charge is -2.11. The SMILES string of the molecule is CCCCCOC(=O)c1ccc(NC(=O)CCCOc2ccc(C(C)C)cc2Br)cc1. The molecule has 0 aliphatic carbocycles. The van der Waals surface area contributed by atoms with Gasteiger partial charge < -0.3 is 14.8 Å². The molecule has 2 rings (SSSR count). The van der Waals surface area contributed by atoms with E-state index >= 15 is 0 Å². The summed E-state index contributed by atoms with van der Waals surface area (Å²) >= 11 is 3.54. The molecule has 1 amide bonds. The first-order valence-electron chi connectivity index (χ1n) is 10.9. The zero-order valence-corrected chi connectivity index (χ0v) is 20.2. The maximum atomic E-state index is 12.2. The summed E-state index contributed by atoms with van der Waals surface area (Å²) in [5, 5.41) is 2.84. The Labute approximate surface area is 193 Å². The molecule has 0 saturated carbocycles. The minimum Gasteiger partial charge on any atom is -0.492 e. The van der Waals surface area contributed by atoms with Crippen molar-refractivity contribution in [2.24, 2.45) is 0 Å². The van der Waals surface area contributed by atoms with Crippen LogP contribution in [-0.2, 0) is 9.53 Å². The molecule has 6 heteroatoms. The molecular formula is C25H32BrNO4. The molecule has 0 saturated heterocycles. The highest BCUT2D eigenvalue weighted by Crippen LogP contribution is 2.29. The number of ether oxygens (including phenoxy) is 2. The molecule has 0 aromatic heterocycles. The van der Waals surface area contributed by atoms with Gasteiger partial charge in [0, 0.05) is 12.1 Å². The summed E-state index contributed by atoms with van der Waals surface area (Å²) in [6, 6.07) is 12.8. The van der Waals surface area contributed by atoms with Gasteiger partial charge in [-0.3, -0.25) is 4.79 Å². The number of unbranched alkanes of at least 4 members (excludes halogenated alkanes) is 2. The summed E-state index contributed by atoms with van der Waals surface area (Å²) in [4.78, 5) is 24.1. The topological polar surface area (TPSA) is 64.6 Å². The van der Waals surface area contributed by atoms with Gasteiger partial charge in [-0.25, -0.2) is 4.79 Å². The first-order valence-corrected chi connectivity index (χ1v) is 11.7. The molecule has 31 heavy (non-hydrogen) atoms. The van der Waals surface area contributed by atoms with Crippen LogP contribution in [0.3, 0.4) is 0 Å². The highest BCUT2D eigenvalue weighted by Gasteiger charge is 2.09. The minimum absolute atomic E-state index is 0.0901. The Morgan fingerprint density at radius 2 is 1.74 bits per heavy atom. The van der Waals surface area contributed by atoms with Crippen molar-refractivity contribution in [1.29, 1.82) is 0 Å². The number of hydrogen-bond acceptors (Lipinski definition) is 4. The van der Waals surface area contributed by atoms with Crippen LogP contribution >= 0.6 is 15.9 Å². The van der Waals surface area contributed by atoms with E-state index < -0.39 is 0 Å². The van der Waals surface area contributed by atoms with Crippen LogP contribution in [0.1, 0.15) is 74.7 Å². The van der Waals surface area contributed by atoms with Crippen LogP contribution in [0.5, 0.6) is 5.75 Å². The molecule has 0 heterocycles. The van der Waals surface area contributed by atoms with E-state index in [-0.39, 0.29) is 11.9 Å². The van der Waals surface area contributed by atoms with Gasteiger partial charge in [-0.2, -0.15) is 0 Å². The van der Waals surface area contributed by atoms with E-state index in [0.717, 1.165) is 29.5 Å². The Morgan fingerprint density at radius 1 is 1.00 bits per heavy atom. The fourth-order valence-corrected chi connectivity index (χ4v) is 3.43. The fraction of sp³-hybridized carbons (Fsp3) is 0.440. The highest BCUT2D eigenvalue weighted by molar-refractivity contribution is 9.10. The molecule has 2 aromatic rings. The third-order valence-electron chi connectivity index (χ3n) is 4.81. The van der Waals surface area contributed by atoms with Crippen molar-refractivity contribution in [3.63, 3.8) is 0 Å². The van der Waals surface area contributed by atoms with Crippen LogP contribution in [0.25, 0.3) is 0 Å². The standard InChI is InChI=1S/C25H32BrNO4/c1-4-5-6-15-31-25(29)19-9-12-21(13-10-19)27-24(28)8-7-16-30-23-14-11-20(18(2)3)17-22(23)26/h9-14,17-18H,4-8,15-16H2,1-3H3,(H,27,28). The molecule has 168 valence electrons. The maximum Gasteiger partial charge on any atom is 0.338 e. The number of anilines is 1. The summed E-state index contributed by atoms with van der Waals surface area (Å²) in [5.74, 6) is 0.813. The van der Waals surface area contributed by atoms with Crippen LogP contribution < -0.4 is 10.1 Å². The molecule has 5 nitrogen and oxygen atoms in total. The molecule has 0 spiro atoms. The van der Waals surface area contributed by atoms with Crippen molar-refractivity contribution < 1.29 is 19.1 Å². The van der Waals surface area contributed by atoms with Gasteiger partial charge in [0.15, 0.2) is 0 Å². The molecule has 0 atom stereocenters. The Morgan fingerprint density at radius 3 is 2.39 bits per heavy atom. The van der Waals surface area contributed by atoms with Gasteiger partial charge in [0.1, 0.15) is 5.75 Å². The van der Waals surface area contributed by atoms with E-state index in [1.54, 1.807) is 24.3 Å². The van der Waals surface area contributed by atoms with Crippen LogP contribution in [0, 0.1) is 0 Å². The molecule has 1 N–H and O–H groups in total. The van der Waals surface area contributed by atoms with E-state index in [4.69, 9.17) is 9.47 Å². The quantitative estimate of drug-likeness (QED) is 0.265. The molecule has 0 bridgehead atoms. The van der Waals surface area contributed by atoms with Crippen molar-refractivity contribution >= 4 is 33.5 Å². The average Bonchev–Trinajstić information content (AvgIpc) is 2.75. The van der Waals surface area contributed by atoms with E-state index in [0.29, 0.717) is 43.2 Å². The Kier molecular flexibility index (Phi) is 10.6. The second kappa shape index (κ2) is 13.2. The molecule has 0 aliphatic heterocycles. The summed E-state index contributed by atoms with van der Waals surface area (Å²) in [6.07, 6.45) is 3.96. The molecule has 0 radical (unpaired) electrons. The number of carbonyl (C=O) groups excluding carboxylic acids is 2. The fourth-order valence-electron chi connectivity index (χ4n) is 2.92. The first kappa shape index (κ1) is 24.9. The predicted octanol–water partition coefficient (Wildman–Crippen LogP) is 6.72. The Bertz CT molecular complexity index is 849. The Hall–Kier alpha value is -2.34. The number of halogens is 1. The van der Waals surface area contributed by atoms with Gasteiger partial charge in [0.2, 0.25) is 5.91 Å². The number of rotatable bonds is 12. The normalized spacial score (nSPS) is 10.7. The van der Waals surface area contributed by atoms with Crippen molar-refractivity contribution in [2.45, 2.75) is 58.8 Å². The van der Waals surface area contributed by atoms with Gasteiger partial charge in [-0.05, 0) is 76.7 Å². The van der Waals surface area contributed by atoms with E-state index in [2.05, 4.69) is 54.2 Å². The summed E-state index contributed by atoms with van der Waals surface area (Å²) < 4.78 is 11.9. The minimum atomic E-state index is -0.335. The number of esters is 1. The van der Waals surface area contributed by atoms with Gasteiger partial charge in [-0.15, -0.1) is 0 Å². The van der Waals surface area contributed by atoms with E-state index in [9.17, 15) is 9.59 Å². The van der Waals surface area contributed by atoms with Crippen molar-refractivity contribution in [3.8, 4) is 5.75 Å². The van der Waals surface area contributed by atoms with Gasteiger partial charge in [0.05, 0.1) is 23.2 Å². The number of amides is 1. The summed E-state index contributed by atoms with van der Waals surface area (Å²) in [5.41, 5.74) is 2.38. The lowest BCUT2D eigenvalue weighted by molar-refractivity contribution is -0.116. The lowest BCUT2D eigenvalue weighted by Crippen LogP contribution is -2.13. The van der Waals surface area contributed by atoms with Gasteiger partial charge in [0.25, 0.3) is 0 Å². The van der Waals surface area contributed by atoms with E-state index in [1.165, 1.54) is 5.56 Å². The Balaban J connectivity index is 1.71. The van der Waals surface area contributed by atoms with Crippen LogP contribution in [-0.4, -0.2) is 25.1 Å². The lowest BCUT2D eigenvalue weighted by atomic mass is 10.0. The zero-order chi connectivity index (χ0) is 22.6. The molecular weight excluding hydrogens is 458 g/mol. The molecule has 0 fully saturated rings. The van der Waals surface area contributed by atoms with E-state index in [1.807, 2.05) is 6.07 Å². The molecule has 0 unspecified atom stereocenters. The third-order valence-corrected chi connectivity index (χ3v) is 5.43. The monoisotopic (exact) mass is 489 g/mol. The van der Waals surface area contributed by atoms with Crippen LogP contribution in [0.4, 0.5) is 5.69 Å². The van der Waals surface area contributed by atoms with Crippen molar-refractivity contribution in [1.82, 2.24) is 0 Å². The molecule has 0 aliphatic rings. The predicted molar refractivity (Wildman–Crippen MR) is 128 cm³/mol. The second-order valence-corrected chi connectivity index (χ2v) is 8.62. The van der Waals surface area contributed by atoms with Crippen molar-refractivity contribution in [2.75, 3.05) is 18.5 Å². The van der Waals surface area contributed by atoms with Gasteiger partial charge >= 0.3 is 5.97 Å². The summed E-state index contributed by atoms with van der Waals surface area (Å²) in [6.45, 7) is 7.29. The number of hydrogen-bond donors (Lipinski definition) is 1. The number of carbonyl (C=O) groups is 2. The van der Waals surface area contributed by atoms with Crippen molar-refractivity contribution in [3.05, 3.63) is 58.1 Å². The van der Waals surface area contributed by atoms with Gasteiger partial charge in [-0.1, -0.05) is 39.7 Å². The first-order chi connectivity index (χ1) is 14.9. The largest absolute Gasteiger partial charge is 0.492 e. The number of benzene rings is 2. The molecule has 2 aromatic carbocycles. The second-order valence-electron chi connectivity index (χ2n) is 7.77. The van der Waals surface area contributed by atoms with Crippen LogP contribution in [0.2, 0.25) is 0 Å².